The van der Waals surface area contributed by atoms with Gasteiger partial charge in [-0.3, -0.25) is 9.69 Å². The molecule has 0 radical (unpaired) electrons. The van der Waals surface area contributed by atoms with Crippen LogP contribution in [0.2, 0.25) is 0 Å². The van der Waals surface area contributed by atoms with E-state index in [1.54, 1.807) is 0 Å². The van der Waals surface area contributed by atoms with Gasteiger partial charge in [-0.05, 0) is 48.4 Å². The molecule has 0 amide bonds. The first-order valence-electron chi connectivity index (χ1n) is 9.44. The molecule has 26 heavy (non-hydrogen) atoms. The van der Waals surface area contributed by atoms with Crippen molar-refractivity contribution in [3.63, 3.8) is 0 Å². The molecular formula is C22H25N3O. The Balaban J connectivity index is 1.47. The van der Waals surface area contributed by atoms with E-state index in [4.69, 9.17) is 0 Å². The maximum atomic E-state index is 12.5. The molecule has 0 spiro atoms. The van der Waals surface area contributed by atoms with E-state index in [9.17, 15) is 4.79 Å². The van der Waals surface area contributed by atoms with Crippen molar-refractivity contribution in [2.75, 3.05) is 13.1 Å². The van der Waals surface area contributed by atoms with Crippen molar-refractivity contribution in [3.05, 3.63) is 69.3 Å². The minimum atomic E-state index is 0.0270. The zero-order valence-corrected chi connectivity index (χ0v) is 15.7. The van der Waals surface area contributed by atoms with E-state index in [1.807, 2.05) is 13.2 Å². The van der Waals surface area contributed by atoms with Gasteiger partial charge in [-0.1, -0.05) is 24.3 Å². The first-order chi connectivity index (χ1) is 12.5. The summed E-state index contributed by atoms with van der Waals surface area (Å²) in [5.41, 5.74) is 6.63. The molecule has 1 N–H and O–H groups in total. The van der Waals surface area contributed by atoms with E-state index >= 15 is 0 Å². The Hall–Kier alpha value is -2.33. The first kappa shape index (κ1) is 15.9. The number of nitrogens with one attached hydrogen (secondary N) is 1. The molecule has 3 heterocycles. The monoisotopic (exact) mass is 347 g/mol. The maximum Gasteiger partial charge on any atom is 0.257 e. The quantitative estimate of drug-likeness (QED) is 0.790. The summed E-state index contributed by atoms with van der Waals surface area (Å²) in [4.78, 5) is 17.9. The fraction of sp³-hybridized carbons (Fsp3) is 0.409. The summed E-state index contributed by atoms with van der Waals surface area (Å²) >= 11 is 0. The molecular weight excluding hydrogens is 322 g/mol. The molecule has 1 aliphatic heterocycles. The number of nitrogens with zero attached hydrogens (tertiary/aromatic N) is 2. The van der Waals surface area contributed by atoms with E-state index in [0.29, 0.717) is 5.41 Å². The Bertz CT molecular complexity index is 1080. The molecule has 3 aromatic rings. The zero-order chi connectivity index (χ0) is 18.1. The van der Waals surface area contributed by atoms with Crippen LogP contribution in [0.3, 0.4) is 0 Å². The summed E-state index contributed by atoms with van der Waals surface area (Å²) in [6.07, 6.45) is 5.26. The number of piperidine rings is 1. The molecule has 2 unspecified atom stereocenters. The predicted molar refractivity (Wildman–Crippen MR) is 105 cm³/mol. The molecule has 4 heteroatoms. The average molecular weight is 347 g/mol. The minimum Gasteiger partial charge on any atom is -0.350 e. The summed E-state index contributed by atoms with van der Waals surface area (Å²) in [5.74, 6) is 0.763. The summed E-state index contributed by atoms with van der Waals surface area (Å²) < 4.78 is 2.10. The number of pyridine rings is 1. The number of H-pyrrole nitrogens is 1. The SMILES string of the molecule is Cc1ccccc1C12CC1CN(Cc1cn(C)c3c(C)c[nH]c(=O)c13)C2. The third-order valence-corrected chi connectivity index (χ3v) is 6.57. The van der Waals surface area contributed by atoms with Crippen molar-refractivity contribution >= 4 is 10.9 Å². The molecule has 1 saturated heterocycles. The lowest BCUT2D eigenvalue weighted by Gasteiger charge is -2.22. The van der Waals surface area contributed by atoms with E-state index in [0.717, 1.165) is 47.6 Å². The Labute approximate surface area is 153 Å². The van der Waals surface area contributed by atoms with Crippen LogP contribution in [-0.2, 0) is 19.0 Å². The number of hydrogen-bond acceptors (Lipinski definition) is 2. The highest BCUT2D eigenvalue weighted by molar-refractivity contribution is 5.85. The van der Waals surface area contributed by atoms with Crippen LogP contribution in [0.25, 0.3) is 10.9 Å². The molecule has 0 bridgehead atoms. The van der Waals surface area contributed by atoms with Crippen LogP contribution in [0.15, 0.2) is 41.5 Å². The van der Waals surface area contributed by atoms with Gasteiger partial charge in [0.2, 0.25) is 0 Å². The van der Waals surface area contributed by atoms with Crippen molar-refractivity contribution in [3.8, 4) is 0 Å². The third-order valence-electron chi connectivity index (χ3n) is 6.57. The molecule has 4 nitrogen and oxygen atoms in total. The second-order valence-corrected chi connectivity index (χ2v) is 8.33. The lowest BCUT2D eigenvalue weighted by molar-refractivity contribution is 0.291. The highest BCUT2D eigenvalue weighted by atomic mass is 16.1. The first-order valence-corrected chi connectivity index (χ1v) is 9.44. The summed E-state index contributed by atoms with van der Waals surface area (Å²) in [5, 5.41) is 0.859. The molecule has 2 aliphatic rings. The van der Waals surface area contributed by atoms with Gasteiger partial charge in [-0.2, -0.15) is 0 Å². The number of aryl methyl sites for hydroxylation is 3. The number of benzene rings is 1. The van der Waals surface area contributed by atoms with Gasteiger partial charge in [0.1, 0.15) is 0 Å². The number of aromatic amines is 1. The van der Waals surface area contributed by atoms with Crippen molar-refractivity contribution < 1.29 is 0 Å². The fourth-order valence-electron chi connectivity index (χ4n) is 5.35. The van der Waals surface area contributed by atoms with Gasteiger partial charge in [-0.25, -0.2) is 0 Å². The zero-order valence-electron chi connectivity index (χ0n) is 15.7. The van der Waals surface area contributed by atoms with Crippen molar-refractivity contribution in [1.82, 2.24) is 14.5 Å². The Morgan fingerprint density at radius 3 is 2.85 bits per heavy atom. The second-order valence-electron chi connectivity index (χ2n) is 8.33. The average Bonchev–Trinajstić information content (AvgIpc) is 3.00. The van der Waals surface area contributed by atoms with Crippen LogP contribution < -0.4 is 5.56 Å². The van der Waals surface area contributed by atoms with Crippen LogP contribution in [-0.4, -0.2) is 27.5 Å². The van der Waals surface area contributed by atoms with Crippen LogP contribution in [0.5, 0.6) is 0 Å². The molecule has 1 saturated carbocycles. The van der Waals surface area contributed by atoms with Gasteiger partial charge in [0, 0.05) is 44.5 Å². The predicted octanol–water partition coefficient (Wildman–Crippen LogP) is 3.26. The van der Waals surface area contributed by atoms with Crippen LogP contribution in [0.4, 0.5) is 0 Å². The van der Waals surface area contributed by atoms with Gasteiger partial charge < -0.3 is 9.55 Å². The molecule has 1 aliphatic carbocycles. The summed E-state index contributed by atoms with van der Waals surface area (Å²) in [6, 6.07) is 8.84. The molecule has 1 aromatic carbocycles. The van der Waals surface area contributed by atoms with Crippen LogP contribution >= 0.6 is 0 Å². The Morgan fingerprint density at radius 2 is 2.04 bits per heavy atom. The molecule has 2 atom stereocenters. The number of aromatic nitrogens is 2. The van der Waals surface area contributed by atoms with Gasteiger partial charge in [-0.15, -0.1) is 0 Å². The van der Waals surface area contributed by atoms with Gasteiger partial charge >= 0.3 is 0 Å². The van der Waals surface area contributed by atoms with Crippen LogP contribution in [0, 0.1) is 19.8 Å². The topological polar surface area (TPSA) is 41.0 Å². The standard InChI is InChI=1S/C22H25N3O/c1-14-6-4-5-7-18(14)22-8-17(22)12-25(13-22)11-16-10-24(3)20-15(2)9-23-21(26)19(16)20/h4-7,9-10,17H,8,11-13H2,1-3H3,(H,23,26). The number of likely N-dealkylation sites (tertiary alicyclic amines) is 1. The van der Waals surface area contributed by atoms with Crippen molar-refractivity contribution in [1.29, 1.82) is 0 Å². The van der Waals surface area contributed by atoms with Gasteiger partial charge in [0.05, 0.1) is 10.9 Å². The van der Waals surface area contributed by atoms with Crippen molar-refractivity contribution in [2.24, 2.45) is 13.0 Å². The number of rotatable bonds is 3. The highest BCUT2D eigenvalue weighted by Crippen LogP contribution is 2.59. The molecule has 134 valence electrons. The lowest BCUT2D eigenvalue weighted by Crippen LogP contribution is -2.26. The van der Waals surface area contributed by atoms with E-state index in [1.165, 1.54) is 17.5 Å². The molecule has 2 fully saturated rings. The fourth-order valence-corrected chi connectivity index (χ4v) is 5.35. The van der Waals surface area contributed by atoms with Gasteiger partial charge in [0.25, 0.3) is 5.56 Å². The minimum absolute atomic E-state index is 0.0270. The molecule has 5 rings (SSSR count). The van der Waals surface area contributed by atoms with Gasteiger partial charge in [0.15, 0.2) is 0 Å². The number of fused-ring (bicyclic) bond motifs is 2. The third kappa shape index (κ3) is 2.15. The van der Waals surface area contributed by atoms with Crippen LogP contribution in [0.1, 0.15) is 28.7 Å². The Kier molecular flexibility index (Phi) is 3.26. The highest BCUT2D eigenvalue weighted by Gasteiger charge is 2.60. The normalized spacial score (nSPS) is 25.0. The Morgan fingerprint density at radius 1 is 1.23 bits per heavy atom. The summed E-state index contributed by atoms with van der Waals surface area (Å²) in [6.45, 7) is 7.38. The van der Waals surface area contributed by atoms with E-state index < -0.39 is 0 Å². The maximum absolute atomic E-state index is 12.5. The lowest BCUT2D eigenvalue weighted by atomic mass is 9.91. The number of hydrogen-bond donors (Lipinski definition) is 1. The largest absolute Gasteiger partial charge is 0.350 e. The van der Waals surface area contributed by atoms with Crippen molar-refractivity contribution in [2.45, 2.75) is 32.2 Å². The second kappa shape index (κ2) is 5.34. The smallest absolute Gasteiger partial charge is 0.257 e. The van der Waals surface area contributed by atoms with E-state index in [2.05, 4.69) is 58.8 Å². The summed E-state index contributed by atoms with van der Waals surface area (Å²) in [7, 11) is 2.04. The van der Waals surface area contributed by atoms with E-state index in [-0.39, 0.29) is 5.56 Å². The molecule has 2 aromatic heterocycles.